The number of nitrogens with two attached hydrogens (primary N) is 9. The van der Waals surface area contributed by atoms with E-state index in [0.29, 0.717) is 19.3 Å². The van der Waals surface area contributed by atoms with Crippen LogP contribution in [0, 0.1) is 5.92 Å². The molecular weight excluding hydrogens is 1190 g/mol. The number of aliphatic carboxylic acids is 1. The smallest absolute Gasteiger partial charge is 0.326 e. The number of likely N-dealkylation sites (tertiary alicyclic amines) is 2. The van der Waals surface area contributed by atoms with Crippen molar-refractivity contribution < 1.29 is 77.3 Å². The van der Waals surface area contributed by atoms with Crippen molar-refractivity contribution in [3.63, 3.8) is 0 Å². The SMILES string of the molecule is CC(C)C[C@H](NC(=O)CNC(=O)[C@H](CCC(N)=O)NC(=O)[C@@H]1CCCN1C(=O)[C@H](CCCN=C(N)N)NC(=O)[C@H](CCCN=C(N)N)NC(=O)[C@H](CCC(N)=O)NC(=O)[C@H](CCCCN)NC(=O)[C@@H](N)CO)C(=O)N1CCC[C@H]1C(=O)N[C@@H](CC(N)=O)C(=O)O. The number of amides is 13. The largest absolute Gasteiger partial charge is 0.480 e. The van der Waals surface area contributed by atoms with E-state index in [4.69, 9.17) is 51.6 Å². The fourth-order valence-corrected chi connectivity index (χ4v) is 9.76. The van der Waals surface area contributed by atoms with Gasteiger partial charge in [-0.1, -0.05) is 13.8 Å². The number of aliphatic hydroxyl groups excluding tert-OH is 1. The first-order chi connectivity index (χ1) is 42.4. The van der Waals surface area contributed by atoms with Gasteiger partial charge in [-0.3, -0.25) is 72.3 Å². The number of guanidine groups is 2. The normalized spacial score (nSPS) is 17.0. The van der Waals surface area contributed by atoms with Gasteiger partial charge in [-0.25, -0.2) is 4.79 Å². The summed E-state index contributed by atoms with van der Waals surface area (Å²) in [6.45, 7) is 2.16. The zero-order chi connectivity index (χ0) is 67.8. The Labute approximate surface area is 519 Å². The third-order valence-corrected chi connectivity index (χ3v) is 14.3. The summed E-state index contributed by atoms with van der Waals surface area (Å²) in [5.74, 6) is -13.9. The van der Waals surface area contributed by atoms with Crippen LogP contribution in [-0.2, 0) is 67.1 Å². The molecule has 0 saturated carbocycles. The highest BCUT2D eigenvalue weighted by Gasteiger charge is 2.42. The van der Waals surface area contributed by atoms with Crippen molar-refractivity contribution >= 4 is 94.7 Å². The lowest BCUT2D eigenvalue weighted by molar-refractivity contribution is -0.146. The summed E-state index contributed by atoms with van der Waals surface area (Å²) in [6.07, 6.45) is -1.04. The van der Waals surface area contributed by atoms with Gasteiger partial charge in [0.1, 0.15) is 60.4 Å². The Balaban J connectivity index is 2.44. The van der Waals surface area contributed by atoms with Crippen LogP contribution in [0.15, 0.2) is 9.98 Å². The minimum Gasteiger partial charge on any atom is -0.480 e. The van der Waals surface area contributed by atoms with E-state index < -0.39 is 182 Å². The van der Waals surface area contributed by atoms with Gasteiger partial charge in [0.2, 0.25) is 76.8 Å². The highest BCUT2D eigenvalue weighted by atomic mass is 16.4. The average Bonchev–Trinajstić information content (AvgIpc) is 1.72. The minimum atomic E-state index is -1.66. The number of carboxylic acid groups (broad SMARTS) is 1. The molecule has 2 fully saturated rings. The number of primary amides is 3. The van der Waals surface area contributed by atoms with E-state index in [1.165, 1.54) is 4.90 Å². The predicted octanol–water partition coefficient (Wildman–Crippen LogP) is -9.43. The third-order valence-electron chi connectivity index (χ3n) is 14.3. The monoisotopic (exact) mass is 1280 g/mol. The molecule has 0 bridgehead atoms. The fraction of sp³-hybridized carbons (Fsp3) is 0.698. The Kier molecular flexibility index (Phi) is 34.1. The summed E-state index contributed by atoms with van der Waals surface area (Å²) in [5.41, 5.74) is 49.4. The summed E-state index contributed by atoms with van der Waals surface area (Å²) >= 11 is 0. The van der Waals surface area contributed by atoms with Crippen molar-refractivity contribution in [1.82, 2.24) is 52.3 Å². The first-order valence-corrected chi connectivity index (χ1v) is 29.7. The topological polar surface area (TPSA) is 641 Å². The number of hydrogen-bond acceptors (Lipinski definition) is 19. The maximum absolute atomic E-state index is 14.7. The van der Waals surface area contributed by atoms with E-state index in [-0.39, 0.29) is 115 Å². The van der Waals surface area contributed by atoms with Crippen molar-refractivity contribution in [3.05, 3.63) is 0 Å². The molecule has 28 N–H and O–H groups in total. The van der Waals surface area contributed by atoms with Crippen molar-refractivity contribution in [2.24, 2.45) is 67.5 Å². The van der Waals surface area contributed by atoms with Gasteiger partial charge in [0.25, 0.3) is 0 Å². The predicted molar refractivity (Wildman–Crippen MR) is 322 cm³/mol. The molecule has 0 radical (unpaired) electrons. The van der Waals surface area contributed by atoms with Crippen molar-refractivity contribution in [3.8, 4) is 0 Å². The van der Waals surface area contributed by atoms with Crippen LogP contribution in [-0.4, -0.2) is 221 Å². The molecule has 2 saturated heterocycles. The van der Waals surface area contributed by atoms with Crippen molar-refractivity contribution in [2.75, 3.05) is 45.9 Å². The fourth-order valence-electron chi connectivity index (χ4n) is 9.76. The Morgan fingerprint density at radius 2 is 0.933 bits per heavy atom. The summed E-state index contributed by atoms with van der Waals surface area (Å²) in [5, 5.41) is 38.8. The van der Waals surface area contributed by atoms with Crippen LogP contribution < -0.4 is 94.1 Å². The zero-order valence-electron chi connectivity index (χ0n) is 50.9. The second-order valence-electron chi connectivity index (χ2n) is 22.2. The average molecular weight is 1280 g/mol. The van der Waals surface area contributed by atoms with Crippen LogP contribution in [0.2, 0.25) is 0 Å². The van der Waals surface area contributed by atoms with Crippen LogP contribution in [0.25, 0.3) is 0 Å². The van der Waals surface area contributed by atoms with E-state index in [2.05, 4.69) is 52.5 Å². The number of hydrogen-bond donors (Lipinski definition) is 19. The molecule has 506 valence electrons. The van der Waals surface area contributed by atoms with E-state index in [1.54, 1.807) is 13.8 Å². The van der Waals surface area contributed by atoms with Crippen LogP contribution in [0.1, 0.15) is 123 Å². The van der Waals surface area contributed by atoms with E-state index in [0.717, 1.165) is 4.90 Å². The summed E-state index contributed by atoms with van der Waals surface area (Å²) in [7, 11) is 0. The van der Waals surface area contributed by atoms with Gasteiger partial charge in [-0.15, -0.1) is 0 Å². The number of carbonyl (C=O) groups excluding carboxylic acids is 13. The molecule has 37 heteroatoms. The molecule has 2 aliphatic heterocycles. The van der Waals surface area contributed by atoms with Crippen molar-refractivity contribution in [1.29, 1.82) is 0 Å². The molecule has 2 rings (SSSR count). The van der Waals surface area contributed by atoms with Crippen molar-refractivity contribution in [2.45, 2.75) is 183 Å². The second kappa shape index (κ2) is 39.8. The van der Waals surface area contributed by atoms with Crippen LogP contribution in [0.3, 0.4) is 0 Å². The number of aliphatic hydroxyl groups is 1. The first kappa shape index (κ1) is 77.1. The highest BCUT2D eigenvalue weighted by Crippen LogP contribution is 2.23. The molecule has 0 spiro atoms. The summed E-state index contributed by atoms with van der Waals surface area (Å²) in [6, 6.07) is -14.2. The Bertz CT molecular complexity index is 2580. The molecule has 0 aromatic rings. The van der Waals surface area contributed by atoms with Gasteiger partial charge in [-0.05, 0) is 102 Å². The molecule has 90 heavy (non-hydrogen) atoms. The Morgan fingerprint density at radius 3 is 1.37 bits per heavy atom. The van der Waals surface area contributed by atoms with Crippen LogP contribution >= 0.6 is 0 Å². The Hall–Kier alpha value is -9.00. The van der Waals surface area contributed by atoms with E-state index >= 15 is 0 Å². The van der Waals surface area contributed by atoms with Gasteiger partial charge in [0.05, 0.1) is 19.6 Å². The lowest BCUT2D eigenvalue weighted by Gasteiger charge is -2.31. The van der Waals surface area contributed by atoms with Gasteiger partial charge in [0.15, 0.2) is 11.9 Å². The number of carboxylic acids is 1. The summed E-state index contributed by atoms with van der Waals surface area (Å²) < 4.78 is 0. The minimum absolute atomic E-state index is 0.0145. The standard InChI is InChI=1S/C53H93N21O16/c1-27(2)23-34(50(88)74-22-8-13-37(74)48(86)72-35(51(89)90)24-40(58)78)66-41(79)25-65-43(81)31(14-16-38(56)76)70-47(85)36-12-7-21-73(36)49(87)33(11-6-20-64-53(61)62)71-45(83)30(10-5-19-63-52(59)60)68-46(84)32(15-17-39(57)77)69-44(82)29(9-3-4-18-54)67-42(80)28(55)26-75/h27-37,75H,3-26,54-55H2,1-2H3,(H2,56,76)(H2,57,77)(H2,58,78)(H,65,81)(H,66,79)(H,67,80)(H,68,84)(H,69,82)(H,70,85)(H,71,83)(H,72,86)(H,89,90)(H4,59,60,63)(H4,61,62,64)/t28-,29-,30-,31-,32-,33-,34-,35-,36-,37-/m0/s1. The first-order valence-electron chi connectivity index (χ1n) is 29.7. The molecule has 0 aromatic carbocycles. The molecule has 0 unspecified atom stereocenters. The number of aliphatic imine (C=N–C) groups is 2. The summed E-state index contributed by atoms with van der Waals surface area (Å²) in [4.78, 5) is 196. The number of unbranched alkanes of at least 4 members (excludes halogenated alkanes) is 1. The number of carbonyl (C=O) groups is 14. The third kappa shape index (κ3) is 28.0. The lowest BCUT2D eigenvalue weighted by atomic mass is 10.0. The Morgan fingerprint density at radius 1 is 0.511 bits per heavy atom. The lowest BCUT2D eigenvalue weighted by Crippen LogP contribution is -2.60. The van der Waals surface area contributed by atoms with Gasteiger partial charge in [0, 0.05) is 39.0 Å². The van der Waals surface area contributed by atoms with Gasteiger partial charge >= 0.3 is 5.97 Å². The number of nitrogens with one attached hydrogen (secondary N) is 8. The zero-order valence-corrected chi connectivity index (χ0v) is 50.9. The number of nitrogens with zero attached hydrogens (tertiary/aromatic N) is 4. The number of rotatable bonds is 42. The molecular formula is C53H93N21O16. The van der Waals surface area contributed by atoms with Gasteiger partial charge in [-0.2, -0.15) is 0 Å². The maximum Gasteiger partial charge on any atom is 0.326 e. The second-order valence-corrected chi connectivity index (χ2v) is 22.2. The van der Waals surface area contributed by atoms with E-state index in [9.17, 15) is 77.3 Å². The molecule has 37 nitrogen and oxygen atoms in total. The van der Waals surface area contributed by atoms with Crippen LogP contribution in [0.4, 0.5) is 0 Å². The molecule has 2 heterocycles. The maximum atomic E-state index is 14.7. The molecule has 13 amide bonds. The molecule has 0 aliphatic carbocycles. The molecule has 2 aliphatic rings. The van der Waals surface area contributed by atoms with Gasteiger partial charge < -0.3 is 114 Å². The quantitative estimate of drug-likeness (QED) is 0.0153. The molecule has 0 aromatic heterocycles. The van der Waals surface area contributed by atoms with E-state index in [1.807, 2.05) is 0 Å². The van der Waals surface area contributed by atoms with Crippen LogP contribution in [0.5, 0.6) is 0 Å². The highest BCUT2D eigenvalue weighted by molar-refractivity contribution is 5.99. The molecule has 10 atom stereocenters.